The number of halogens is 3. The second kappa shape index (κ2) is 6.95. The highest BCUT2D eigenvalue weighted by molar-refractivity contribution is 9.10. The highest BCUT2D eigenvalue weighted by Gasteiger charge is 2.12. The Kier molecular flexibility index (Phi) is 5.26. The van der Waals surface area contributed by atoms with E-state index in [4.69, 9.17) is 5.73 Å². The Bertz CT molecular complexity index is 586. The first-order chi connectivity index (χ1) is 9.60. The summed E-state index contributed by atoms with van der Waals surface area (Å²) < 4.78 is 27.2. The van der Waals surface area contributed by atoms with Gasteiger partial charge >= 0.3 is 0 Å². The number of hydrogen-bond donors (Lipinski definition) is 1. The molecule has 0 saturated carbocycles. The predicted molar refractivity (Wildman–Crippen MR) is 80.5 cm³/mol. The van der Waals surface area contributed by atoms with Crippen LogP contribution >= 0.6 is 15.9 Å². The second-order valence-corrected chi connectivity index (χ2v) is 5.70. The van der Waals surface area contributed by atoms with Crippen LogP contribution in [0.5, 0.6) is 0 Å². The molecular formula is C16H16BrF2N. The molecule has 0 saturated heterocycles. The minimum absolute atomic E-state index is 0.193. The molecule has 2 aromatic carbocycles. The van der Waals surface area contributed by atoms with Crippen LogP contribution in [-0.2, 0) is 12.8 Å². The molecule has 20 heavy (non-hydrogen) atoms. The molecule has 1 nitrogen and oxygen atoms in total. The average molecular weight is 340 g/mol. The molecule has 0 amide bonds. The van der Waals surface area contributed by atoms with E-state index in [1.807, 2.05) is 24.3 Å². The van der Waals surface area contributed by atoms with Crippen molar-refractivity contribution in [1.82, 2.24) is 0 Å². The van der Waals surface area contributed by atoms with Crippen LogP contribution in [0.25, 0.3) is 0 Å². The summed E-state index contributed by atoms with van der Waals surface area (Å²) in [4.78, 5) is 0. The van der Waals surface area contributed by atoms with Crippen molar-refractivity contribution in [3.63, 3.8) is 0 Å². The van der Waals surface area contributed by atoms with E-state index >= 15 is 0 Å². The Morgan fingerprint density at radius 2 is 1.75 bits per heavy atom. The van der Waals surface area contributed by atoms with Gasteiger partial charge in [-0.3, -0.25) is 0 Å². The summed E-state index contributed by atoms with van der Waals surface area (Å²) in [5.41, 5.74) is 7.74. The topological polar surface area (TPSA) is 26.0 Å². The van der Waals surface area contributed by atoms with E-state index in [1.54, 1.807) is 6.07 Å². The number of benzene rings is 2. The molecule has 0 radical (unpaired) electrons. The molecule has 2 N–H and O–H groups in total. The lowest BCUT2D eigenvalue weighted by atomic mass is 9.92. The van der Waals surface area contributed by atoms with Crippen molar-refractivity contribution in [2.75, 3.05) is 6.54 Å². The highest BCUT2D eigenvalue weighted by Crippen LogP contribution is 2.21. The Hall–Kier alpha value is -1.26. The van der Waals surface area contributed by atoms with Gasteiger partial charge in [0.2, 0.25) is 0 Å². The third kappa shape index (κ3) is 3.87. The second-order valence-electron chi connectivity index (χ2n) is 4.85. The molecule has 1 atom stereocenters. The van der Waals surface area contributed by atoms with Crippen LogP contribution in [0.4, 0.5) is 8.78 Å². The van der Waals surface area contributed by atoms with Crippen LogP contribution in [0, 0.1) is 17.6 Å². The first-order valence-electron chi connectivity index (χ1n) is 6.47. The lowest BCUT2D eigenvalue weighted by molar-refractivity contribution is 0.499. The summed E-state index contributed by atoms with van der Waals surface area (Å²) in [5, 5.41) is 0. The zero-order valence-electron chi connectivity index (χ0n) is 11.0. The molecule has 0 spiro atoms. The molecular weight excluding hydrogens is 324 g/mol. The Balaban J connectivity index is 2.09. The summed E-state index contributed by atoms with van der Waals surface area (Å²) in [5.74, 6) is -1.43. The van der Waals surface area contributed by atoms with Crippen molar-refractivity contribution >= 4 is 15.9 Å². The summed E-state index contributed by atoms with van der Waals surface area (Å²) in [6, 6.07) is 12.0. The van der Waals surface area contributed by atoms with Crippen LogP contribution < -0.4 is 5.73 Å². The zero-order chi connectivity index (χ0) is 14.5. The highest BCUT2D eigenvalue weighted by atomic mass is 79.9. The van der Waals surface area contributed by atoms with Crippen molar-refractivity contribution in [2.24, 2.45) is 11.7 Å². The maximum absolute atomic E-state index is 13.2. The quantitative estimate of drug-likeness (QED) is 0.872. The summed E-state index contributed by atoms with van der Waals surface area (Å²) in [6.07, 6.45) is 1.44. The van der Waals surface area contributed by atoms with E-state index in [1.165, 1.54) is 11.6 Å². The van der Waals surface area contributed by atoms with E-state index in [-0.39, 0.29) is 5.92 Å². The van der Waals surface area contributed by atoms with Gasteiger partial charge in [0, 0.05) is 4.47 Å². The summed E-state index contributed by atoms with van der Waals surface area (Å²) in [6.45, 7) is 0.500. The standard InChI is InChI=1S/C16H16BrF2N/c17-14-4-2-1-3-13(14)8-12(10-20)7-11-5-6-15(18)16(19)9-11/h1-6,9,12H,7-8,10,20H2. The van der Waals surface area contributed by atoms with Gasteiger partial charge in [0.05, 0.1) is 0 Å². The van der Waals surface area contributed by atoms with Gasteiger partial charge in [-0.15, -0.1) is 0 Å². The van der Waals surface area contributed by atoms with Gasteiger partial charge in [0.15, 0.2) is 11.6 Å². The van der Waals surface area contributed by atoms with Gasteiger partial charge in [-0.1, -0.05) is 40.2 Å². The van der Waals surface area contributed by atoms with Crippen molar-refractivity contribution in [3.05, 3.63) is 69.7 Å². The van der Waals surface area contributed by atoms with E-state index in [2.05, 4.69) is 15.9 Å². The summed E-state index contributed by atoms with van der Waals surface area (Å²) in [7, 11) is 0. The SMILES string of the molecule is NCC(Cc1ccc(F)c(F)c1)Cc1ccccc1Br. The Morgan fingerprint density at radius 3 is 2.40 bits per heavy atom. The maximum atomic E-state index is 13.2. The van der Waals surface area contributed by atoms with Crippen molar-refractivity contribution in [1.29, 1.82) is 0 Å². The van der Waals surface area contributed by atoms with E-state index < -0.39 is 11.6 Å². The Labute approximate surface area is 125 Å². The zero-order valence-corrected chi connectivity index (χ0v) is 12.5. The van der Waals surface area contributed by atoms with Crippen LogP contribution in [0.1, 0.15) is 11.1 Å². The van der Waals surface area contributed by atoms with Gasteiger partial charge in [-0.05, 0) is 54.6 Å². The van der Waals surface area contributed by atoms with Gasteiger partial charge in [0.25, 0.3) is 0 Å². The fourth-order valence-corrected chi connectivity index (χ4v) is 2.66. The van der Waals surface area contributed by atoms with Crippen molar-refractivity contribution in [2.45, 2.75) is 12.8 Å². The lowest BCUT2D eigenvalue weighted by Gasteiger charge is -2.16. The van der Waals surface area contributed by atoms with Crippen LogP contribution in [-0.4, -0.2) is 6.54 Å². The third-order valence-electron chi connectivity index (χ3n) is 3.31. The van der Waals surface area contributed by atoms with Crippen LogP contribution in [0.2, 0.25) is 0 Å². The Morgan fingerprint density at radius 1 is 1.00 bits per heavy atom. The minimum Gasteiger partial charge on any atom is -0.330 e. The van der Waals surface area contributed by atoms with E-state index in [9.17, 15) is 8.78 Å². The van der Waals surface area contributed by atoms with Crippen LogP contribution in [0.15, 0.2) is 46.9 Å². The molecule has 2 aromatic rings. The largest absolute Gasteiger partial charge is 0.330 e. The number of rotatable bonds is 5. The smallest absolute Gasteiger partial charge is 0.159 e. The molecule has 106 valence electrons. The van der Waals surface area contributed by atoms with E-state index in [0.29, 0.717) is 13.0 Å². The normalized spacial score (nSPS) is 12.4. The number of nitrogens with two attached hydrogens (primary N) is 1. The van der Waals surface area contributed by atoms with Crippen molar-refractivity contribution < 1.29 is 8.78 Å². The van der Waals surface area contributed by atoms with E-state index in [0.717, 1.165) is 22.5 Å². The average Bonchev–Trinajstić information content (AvgIpc) is 2.44. The maximum Gasteiger partial charge on any atom is 0.159 e. The number of hydrogen-bond acceptors (Lipinski definition) is 1. The fourth-order valence-electron chi connectivity index (χ4n) is 2.21. The van der Waals surface area contributed by atoms with Crippen LogP contribution in [0.3, 0.4) is 0 Å². The molecule has 0 heterocycles. The van der Waals surface area contributed by atoms with Crippen molar-refractivity contribution in [3.8, 4) is 0 Å². The van der Waals surface area contributed by atoms with Gasteiger partial charge in [0.1, 0.15) is 0 Å². The first kappa shape index (κ1) is 15.1. The molecule has 0 bridgehead atoms. The van der Waals surface area contributed by atoms with Gasteiger partial charge < -0.3 is 5.73 Å². The molecule has 0 aliphatic heterocycles. The molecule has 0 aliphatic carbocycles. The lowest BCUT2D eigenvalue weighted by Crippen LogP contribution is -2.19. The molecule has 2 rings (SSSR count). The molecule has 0 aromatic heterocycles. The van der Waals surface area contributed by atoms with Gasteiger partial charge in [-0.2, -0.15) is 0 Å². The third-order valence-corrected chi connectivity index (χ3v) is 4.08. The predicted octanol–water partition coefficient (Wildman–Crippen LogP) is 4.09. The molecule has 4 heteroatoms. The monoisotopic (exact) mass is 339 g/mol. The summed E-state index contributed by atoms with van der Waals surface area (Å²) >= 11 is 3.51. The molecule has 1 unspecified atom stereocenters. The molecule has 0 fully saturated rings. The van der Waals surface area contributed by atoms with Gasteiger partial charge in [-0.25, -0.2) is 8.78 Å². The first-order valence-corrected chi connectivity index (χ1v) is 7.27. The molecule has 0 aliphatic rings. The minimum atomic E-state index is -0.816. The fraction of sp³-hybridized carbons (Fsp3) is 0.250.